The van der Waals surface area contributed by atoms with Gasteiger partial charge in [-0.1, -0.05) is 23.7 Å². The molecule has 0 aromatic heterocycles. The molecule has 122 valence electrons. The number of ether oxygens (including phenoxy) is 2. The third-order valence-electron chi connectivity index (χ3n) is 4.67. The van der Waals surface area contributed by atoms with Crippen molar-refractivity contribution in [1.29, 1.82) is 0 Å². The second kappa shape index (κ2) is 7.75. The molecular weight excluding hydrogens is 300 g/mol. The van der Waals surface area contributed by atoms with Crippen LogP contribution in [0.3, 0.4) is 0 Å². The van der Waals surface area contributed by atoms with Crippen LogP contribution in [-0.4, -0.2) is 56.5 Å². The van der Waals surface area contributed by atoms with Gasteiger partial charge in [0.15, 0.2) is 0 Å². The van der Waals surface area contributed by atoms with Gasteiger partial charge in [0.2, 0.25) is 0 Å². The lowest BCUT2D eigenvalue weighted by Gasteiger charge is -2.36. The zero-order chi connectivity index (χ0) is 15.4. The van der Waals surface area contributed by atoms with Crippen LogP contribution < -0.4 is 5.32 Å². The number of hydrogen-bond donors (Lipinski definition) is 1. The topological polar surface area (TPSA) is 33.7 Å². The molecule has 0 amide bonds. The molecule has 2 aliphatic heterocycles. The number of hydrogen-bond acceptors (Lipinski definition) is 4. The molecule has 3 atom stereocenters. The van der Waals surface area contributed by atoms with Gasteiger partial charge in [0.05, 0.1) is 19.3 Å². The minimum atomic E-state index is 0.296. The summed E-state index contributed by atoms with van der Waals surface area (Å²) in [7, 11) is 0. The highest BCUT2D eigenvalue weighted by Gasteiger charge is 2.27. The van der Waals surface area contributed by atoms with Gasteiger partial charge >= 0.3 is 0 Å². The fraction of sp³-hybridized carbons (Fsp3) is 0.647. The number of halogens is 1. The Hall–Kier alpha value is -0.650. The lowest BCUT2D eigenvalue weighted by Crippen LogP contribution is -2.45. The second-order valence-corrected chi connectivity index (χ2v) is 6.53. The summed E-state index contributed by atoms with van der Waals surface area (Å²) in [6.45, 7) is 7.47. The first-order chi connectivity index (χ1) is 10.7. The highest BCUT2D eigenvalue weighted by atomic mass is 35.5. The van der Waals surface area contributed by atoms with Gasteiger partial charge in [-0.05, 0) is 31.0 Å². The van der Waals surface area contributed by atoms with Crippen molar-refractivity contribution in [3.05, 3.63) is 34.9 Å². The monoisotopic (exact) mass is 324 g/mol. The highest BCUT2D eigenvalue weighted by Crippen LogP contribution is 2.25. The van der Waals surface area contributed by atoms with Crippen molar-refractivity contribution in [3.8, 4) is 0 Å². The van der Waals surface area contributed by atoms with Gasteiger partial charge in [-0.15, -0.1) is 0 Å². The third-order valence-corrected chi connectivity index (χ3v) is 4.90. The van der Waals surface area contributed by atoms with Gasteiger partial charge in [0, 0.05) is 43.3 Å². The van der Waals surface area contributed by atoms with Gasteiger partial charge in [-0.3, -0.25) is 4.90 Å². The molecular formula is C17H25ClN2O2. The summed E-state index contributed by atoms with van der Waals surface area (Å²) in [4.78, 5) is 2.49. The summed E-state index contributed by atoms with van der Waals surface area (Å²) in [5.41, 5.74) is 1.27. The van der Waals surface area contributed by atoms with Crippen LogP contribution in [0.5, 0.6) is 0 Å². The Morgan fingerprint density at radius 3 is 2.82 bits per heavy atom. The SMILES string of the molecule is CC1OCCC1NCC(c1cccc(Cl)c1)N1CCOCC1. The Morgan fingerprint density at radius 2 is 2.14 bits per heavy atom. The fourth-order valence-corrected chi connectivity index (χ4v) is 3.52. The van der Waals surface area contributed by atoms with Crippen molar-refractivity contribution in [3.63, 3.8) is 0 Å². The van der Waals surface area contributed by atoms with E-state index in [0.717, 1.165) is 50.9 Å². The zero-order valence-corrected chi connectivity index (χ0v) is 13.9. The van der Waals surface area contributed by atoms with Crippen LogP contribution in [0.15, 0.2) is 24.3 Å². The van der Waals surface area contributed by atoms with Crippen molar-refractivity contribution < 1.29 is 9.47 Å². The number of morpholine rings is 1. The molecule has 1 aromatic carbocycles. The van der Waals surface area contributed by atoms with E-state index in [2.05, 4.69) is 29.3 Å². The predicted molar refractivity (Wildman–Crippen MR) is 88.4 cm³/mol. The highest BCUT2D eigenvalue weighted by molar-refractivity contribution is 6.30. The summed E-state index contributed by atoms with van der Waals surface area (Å²) in [5, 5.41) is 4.50. The summed E-state index contributed by atoms with van der Waals surface area (Å²) in [6, 6.07) is 8.99. The van der Waals surface area contributed by atoms with Gasteiger partial charge < -0.3 is 14.8 Å². The van der Waals surface area contributed by atoms with Crippen LogP contribution in [0.2, 0.25) is 5.02 Å². The number of rotatable bonds is 5. The molecule has 5 heteroatoms. The summed E-state index contributed by atoms with van der Waals surface area (Å²) in [6.07, 6.45) is 1.39. The van der Waals surface area contributed by atoms with Crippen molar-refractivity contribution in [2.45, 2.75) is 31.5 Å². The molecule has 0 radical (unpaired) electrons. The number of nitrogens with zero attached hydrogens (tertiary/aromatic N) is 1. The van der Waals surface area contributed by atoms with Crippen LogP contribution in [0, 0.1) is 0 Å². The van der Waals surface area contributed by atoms with Crippen molar-refractivity contribution in [2.24, 2.45) is 0 Å². The number of nitrogens with one attached hydrogen (secondary N) is 1. The van der Waals surface area contributed by atoms with Crippen LogP contribution in [0.1, 0.15) is 24.9 Å². The minimum Gasteiger partial charge on any atom is -0.379 e. The molecule has 0 bridgehead atoms. The largest absolute Gasteiger partial charge is 0.379 e. The van der Waals surface area contributed by atoms with E-state index in [9.17, 15) is 0 Å². The average Bonchev–Trinajstić information content (AvgIpc) is 2.94. The predicted octanol–water partition coefficient (Wildman–Crippen LogP) is 2.48. The molecule has 1 N–H and O–H groups in total. The first-order valence-electron chi connectivity index (χ1n) is 8.16. The van der Waals surface area contributed by atoms with Crippen molar-refractivity contribution in [1.82, 2.24) is 10.2 Å². The van der Waals surface area contributed by atoms with Gasteiger partial charge in [-0.25, -0.2) is 0 Å². The maximum absolute atomic E-state index is 6.19. The molecule has 0 aliphatic carbocycles. The summed E-state index contributed by atoms with van der Waals surface area (Å²) in [5.74, 6) is 0. The van der Waals surface area contributed by atoms with Gasteiger partial charge in [0.1, 0.15) is 0 Å². The van der Waals surface area contributed by atoms with Crippen molar-refractivity contribution in [2.75, 3.05) is 39.5 Å². The average molecular weight is 325 g/mol. The molecule has 3 unspecified atom stereocenters. The lowest BCUT2D eigenvalue weighted by atomic mass is 10.0. The molecule has 4 nitrogen and oxygen atoms in total. The fourth-order valence-electron chi connectivity index (χ4n) is 3.32. The quantitative estimate of drug-likeness (QED) is 0.902. The Bertz CT molecular complexity index is 479. The molecule has 1 aromatic rings. The van der Waals surface area contributed by atoms with Crippen molar-refractivity contribution >= 4 is 11.6 Å². The van der Waals surface area contributed by atoms with E-state index in [4.69, 9.17) is 21.1 Å². The van der Waals surface area contributed by atoms with Crippen LogP contribution in [0.25, 0.3) is 0 Å². The maximum Gasteiger partial charge on any atom is 0.0700 e. The minimum absolute atomic E-state index is 0.296. The first-order valence-corrected chi connectivity index (χ1v) is 8.54. The number of benzene rings is 1. The molecule has 0 spiro atoms. The Morgan fingerprint density at radius 1 is 1.32 bits per heavy atom. The van der Waals surface area contributed by atoms with E-state index in [1.165, 1.54) is 5.56 Å². The Kier molecular flexibility index (Phi) is 5.71. The van der Waals surface area contributed by atoms with E-state index >= 15 is 0 Å². The third kappa shape index (κ3) is 4.00. The van der Waals surface area contributed by atoms with Crippen LogP contribution in [-0.2, 0) is 9.47 Å². The van der Waals surface area contributed by atoms with Gasteiger partial charge in [0.25, 0.3) is 0 Å². The van der Waals surface area contributed by atoms with Crippen LogP contribution >= 0.6 is 11.6 Å². The maximum atomic E-state index is 6.19. The zero-order valence-electron chi connectivity index (χ0n) is 13.1. The summed E-state index contributed by atoms with van der Waals surface area (Å²) >= 11 is 6.19. The van der Waals surface area contributed by atoms with E-state index in [-0.39, 0.29) is 0 Å². The van der Waals surface area contributed by atoms with E-state index < -0.39 is 0 Å². The second-order valence-electron chi connectivity index (χ2n) is 6.10. The molecule has 2 heterocycles. The van der Waals surface area contributed by atoms with E-state index in [1.807, 2.05) is 12.1 Å². The lowest BCUT2D eigenvalue weighted by molar-refractivity contribution is 0.0149. The molecule has 3 rings (SSSR count). The molecule has 0 saturated carbocycles. The molecule has 22 heavy (non-hydrogen) atoms. The van der Waals surface area contributed by atoms with Crippen LogP contribution in [0.4, 0.5) is 0 Å². The van der Waals surface area contributed by atoms with E-state index in [0.29, 0.717) is 18.2 Å². The van der Waals surface area contributed by atoms with E-state index in [1.54, 1.807) is 0 Å². The molecule has 2 saturated heterocycles. The smallest absolute Gasteiger partial charge is 0.0700 e. The Balaban J connectivity index is 1.70. The van der Waals surface area contributed by atoms with Gasteiger partial charge in [-0.2, -0.15) is 0 Å². The first kappa shape index (κ1) is 16.2. The summed E-state index contributed by atoms with van der Waals surface area (Å²) < 4.78 is 11.1. The normalized spacial score (nSPS) is 27.9. The Labute approximate surface area is 137 Å². The standard InChI is InChI=1S/C17H25ClN2O2/c1-13-16(5-8-22-13)19-12-17(20-6-9-21-10-7-20)14-3-2-4-15(18)11-14/h2-4,11,13,16-17,19H,5-10,12H2,1H3. The molecule has 2 aliphatic rings. The molecule has 2 fully saturated rings.